The van der Waals surface area contributed by atoms with E-state index in [0.717, 1.165) is 30.2 Å². The van der Waals surface area contributed by atoms with Crippen LogP contribution in [0.15, 0.2) is 60.9 Å². The summed E-state index contributed by atoms with van der Waals surface area (Å²) in [7, 11) is 1.59. The van der Waals surface area contributed by atoms with Crippen molar-refractivity contribution in [2.45, 2.75) is 25.0 Å². The summed E-state index contributed by atoms with van der Waals surface area (Å²) >= 11 is 6.27. The minimum Gasteiger partial charge on any atom is -0.495 e. The number of fused-ring (bicyclic) bond motifs is 2. The van der Waals surface area contributed by atoms with Gasteiger partial charge in [-0.3, -0.25) is 9.69 Å². The summed E-state index contributed by atoms with van der Waals surface area (Å²) in [6.45, 7) is 1.56. The zero-order valence-corrected chi connectivity index (χ0v) is 16.8. The molecular weight excluding hydrogens is 388 g/mol. The first kappa shape index (κ1) is 18.2. The highest BCUT2D eigenvalue weighted by molar-refractivity contribution is 6.32. The number of carbonyl (C=O) groups excluding carboxylic acids is 1. The molecule has 2 aliphatic rings. The smallest absolute Gasteiger partial charge is 0.244 e. The fourth-order valence-electron chi connectivity index (χ4n) is 4.45. The van der Waals surface area contributed by atoms with Crippen LogP contribution in [0.1, 0.15) is 12.1 Å². The third-order valence-corrected chi connectivity index (χ3v) is 6.07. The summed E-state index contributed by atoms with van der Waals surface area (Å²) in [5, 5.41) is 0.519. The lowest BCUT2D eigenvalue weighted by Crippen LogP contribution is -2.50. The van der Waals surface area contributed by atoms with E-state index < -0.39 is 0 Å². The van der Waals surface area contributed by atoms with E-state index in [-0.39, 0.29) is 18.0 Å². The molecule has 0 N–H and O–H groups in total. The molecule has 7 heteroatoms. The molecular formula is C22H21ClN4O2. The van der Waals surface area contributed by atoms with Crippen LogP contribution in [-0.4, -0.2) is 46.1 Å². The van der Waals surface area contributed by atoms with Gasteiger partial charge in [0.05, 0.1) is 24.2 Å². The first-order valence-corrected chi connectivity index (χ1v) is 10.0. The summed E-state index contributed by atoms with van der Waals surface area (Å²) < 4.78 is 7.30. The second-order valence-corrected chi connectivity index (χ2v) is 7.83. The Bertz CT molecular complexity index is 1050. The number of amides is 1. The summed E-state index contributed by atoms with van der Waals surface area (Å²) in [5.74, 6) is 1.64. The van der Waals surface area contributed by atoms with Gasteiger partial charge in [-0.2, -0.15) is 0 Å². The van der Waals surface area contributed by atoms with Crippen LogP contribution in [0.2, 0.25) is 5.02 Å². The van der Waals surface area contributed by atoms with Crippen molar-refractivity contribution in [1.29, 1.82) is 0 Å². The van der Waals surface area contributed by atoms with Gasteiger partial charge < -0.3 is 14.2 Å². The van der Waals surface area contributed by atoms with Gasteiger partial charge in [0.2, 0.25) is 5.91 Å². The van der Waals surface area contributed by atoms with Crippen LogP contribution in [0.3, 0.4) is 0 Å². The van der Waals surface area contributed by atoms with Gasteiger partial charge in [0.15, 0.2) is 0 Å². The molecule has 4 heterocycles. The number of benzene rings is 1. The van der Waals surface area contributed by atoms with Gasteiger partial charge in [-0.05, 0) is 48.9 Å². The predicted molar refractivity (Wildman–Crippen MR) is 112 cm³/mol. The molecule has 0 spiro atoms. The van der Waals surface area contributed by atoms with Crippen LogP contribution in [0, 0.1) is 0 Å². The quantitative estimate of drug-likeness (QED) is 0.648. The normalized spacial score (nSPS) is 21.2. The van der Waals surface area contributed by atoms with Crippen LogP contribution in [0.25, 0.3) is 5.82 Å². The average Bonchev–Trinajstić information content (AvgIpc) is 3.44. The standard InChI is InChI=1S/C22H21ClN4O2/c1-29-20-8-7-15(11-18(20)23)27-17-12-19(22(27)28)25(14-17)13-16-5-4-10-26(16)21-6-2-3-9-24-21/h2-11,17,19H,12-14H2,1H3/t17-,19-/m0/s1. The number of methoxy groups -OCH3 is 1. The third-order valence-electron chi connectivity index (χ3n) is 5.78. The van der Waals surface area contributed by atoms with Gasteiger partial charge in [0, 0.05) is 36.9 Å². The molecule has 2 saturated heterocycles. The average molecular weight is 409 g/mol. The van der Waals surface area contributed by atoms with E-state index in [4.69, 9.17) is 16.3 Å². The molecule has 2 aromatic heterocycles. The number of ether oxygens (including phenoxy) is 1. The molecule has 2 fully saturated rings. The Morgan fingerprint density at radius 3 is 2.83 bits per heavy atom. The lowest BCUT2D eigenvalue weighted by Gasteiger charge is -2.34. The SMILES string of the molecule is COc1ccc(N2C(=O)[C@@H]3C[C@H]2CN3Cc2cccn2-c2ccccn2)cc1Cl. The van der Waals surface area contributed by atoms with Gasteiger partial charge in [0.25, 0.3) is 0 Å². The second kappa shape index (κ2) is 7.21. The number of rotatable bonds is 5. The van der Waals surface area contributed by atoms with E-state index in [1.165, 1.54) is 0 Å². The fourth-order valence-corrected chi connectivity index (χ4v) is 4.71. The minimum atomic E-state index is -0.104. The molecule has 1 amide bonds. The predicted octanol–water partition coefficient (Wildman–Crippen LogP) is 3.52. The first-order valence-electron chi connectivity index (χ1n) is 9.64. The first-order chi connectivity index (χ1) is 14.2. The molecule has 6 nitrogen and oxygen atoms in total. The van der Waals surface area contributed by atoms with Crippen LogP contribution >= 0.6 is 11.6 Å². The van der Waals surface area contributed by atoms with Crippen LogP contribution in [0.4, 0.5) is 5.69 Å². The number of nitrogens with zero attached hydrogens (tertiary/aromatic N) is 4. The van der Waals surface area contributed by atoms with Gasteiger partial charge >= 0.3 is 0 Å². The number of hydrogen-bond donors (Lipinski definition) is 0. The summed E-state index contributed by atoms with van der Waals surface area (Å²) in [4.78, 5) is 21.7. The van der Waals surface area contributed by atoms with Gasteiger partial charge in [-0.1, -0.05) is 17.7 Å². The summed E-state index contributed by atoms with van der Waals surface area (Å²) in [6, 6.07) is 15.6. The van der Waals surface area contributed by atoms with E-state index in [0.29, 0.717) is 17.3 Å². The molecule has 148 valence electrons. The van der Waals surface area contributed by atoms with Crippen molar-refractivity contribution in [2.24, 2.45) is 0 Å². The maximum atomic E-state index is 13.1. The zero-order chi connectivity index (χ0) is 20.0. The molecule has 5 rings (SSSR count). The molecule has 0 unspecified atom stereocenters. The Morgan fingerprint density at radius 1 is 1.21 bits per heavy atom. The Kier molecular flexibility index (Phi) is 4.53. The molecule has 29 heavy (non-hydrogen) atoms. The highest BCUT2D eigenvalue weighted by Gasteiger charge is 2.50. The third kappa shape index (κ3) is 3.09. The number of anilines is 1. The van der Waals surface area contributed by atoms with Crippen molar-refractivity contribution in [3.63, 3.8) is 0 Å². The minimum absolute atomic E-state index is 0.104. The summed E-state index contributed by atoms with van der Waals surface area (Å²) in [5.41, 5.74) is 1.97. The van der Waals surface area contributed by atoms with E-state index in [1.807, 2.05) is 53.6 Å². The maximum Gasteiger partial charge on any atom is 0.244 e. The number of pyridine rings is 1. The molecule has 0 saturated carbocycles. The molecule has 3 aromatic rings. The van der Waals surface area contributed by atoms with Crippen molar-refractivity contribution < 1.29 is 9.53 Å². The van der Waals surface area contributed by atoms with Crippen molar-refractivity contribution >= 4 is 23.2 Å². The van der Waals surface area contributed by atoms with Crippen molar-refractivity contribution in [3.05, 3.63) is 71.6 Å². The van der Waals surface area contributed by atoms with Crippen LogP contribution < -0.4 is 9.64 Å². The van der Waals surface area contributed by atoms with Crippen molar-refractivity contribution in [3.8, 4) is 11.6 Å². The Labute approximate surface area is 174 Å². The fraction of sp³-hybridized carbons (Fsp3) is 0.273. The molecule has 2 atom stereocenters. The lowest BCUT2D eigenvalue weighted by atomic mass is 10.2. The topological polar surface area (TPSA) is 50.6 Å². The van der Waals surface area contributed by atoms with Crippen LogP contribution in [0.5, 0.6) is 5.75 Å². The van der Waals surface area contributed by atoms with E-state index in [1.54, 1.807) is 13.3 Å². The van der Waals surface area contributed by atoms with Gasteiger partial charge in [-0.25, -0.2) is 4.98 Å². The Morgan fingerprint density at radius 2 is 2.10 bits per heavy atom. The highest BCUT2D eigenvalue weighted by Crippen LogP contribution is 2.39. The Balaban J connectivity index is 1.35. The zero-order valence-electron chi connectivity index (χ0n) is 16.0. The molecule has 2 aliphatic heterocycles. The number of carbonyl (C=O) groups is 1. The molecule has 2 bridgehead atoms. The molecule has 0 aliphatic carbocycles. The van der Waals surface area contributed by atoms with Crippen LogP contribution in [-0.2, 0) is 11.3 Å². The number of halogens is 1. The van der Waals surface area contributed by atoms with Gasteiger partial charge in [0.1, 0.15) is 11.6 Å². The van der Waals surface area contributed by atoms with E-state index in [2.05, 4.69) is 20.5 Å². The maximum absolute atomic E-state index is 13.1. The van der Waals surface area contributed by atoms with Crippen molar-refractivity contribution in [1.82, 2.24) is 14.5 Å². The summed E-state index contributed by atoms with van der Waals surface area (Å²) in [6.07, 6.45) is 4.64. The number of piperazine rings is 1. The number of hydrogen-bond acceptors (Lipinski definition) is 4. The number of likely N-dealkylation sites (tertiary alicyclic amines) is 1. The monoisotopic (exact) mass is 408 g/mol. The Hall–Kier alpha value is -2.83. The van der Waals surface area contributed by atoms with Crippen molar-refractivity contribution in [2.75, 3.05) is 18.6 Å². The van der Waals surface area contributed by atoms with E-state index >= 15 is 0 Å². The number of aromatic nitrogens is 2. The second-order valence-electron chi connectivity index (χ2n) is 7.42. The largest absolute Gasteiger partial charge is 0.495 e. The van der Waals surface area contributed by atoms with Gasteiger partial charge in [-0.15, -0.1) is 0 Å². The molecule has 1 aromatic carbocycles. The molecule has 0 radical (unpaired) electrons. The highest BCUT2D eigenvalue weighted by atomic mass is 35.5. The lowest BCUT2D eigenvalue weighted by molar-refractivity contribution is -0.122. The van der Waals surface area contributed by atoms with E-state index in [9.17, 15) is 4.79 Å².